The lowest BCUT2D eigenvalue weighted by molar-refractivity contribution is 0.0950. The second-order valence-corrected chi connectivity index (χ2v) is 6.28. The van der Waals surface area contributed by atoms with Gasteiger partial charge in [0.2, 0.25) is 0 Å². The van der Waals surface area contributed by atoms with Crippen LogP contribution in [-0.4, -0.2) is 38.5 Å². The minimum absolute atomic E-state index is 0.154. The van der Waals surface area contributed by atoms with Crippen LogP contribution in [0.5, 0.6) is 0 Å². The highest BCUT2D eigenvalue weighted by atomic mass is 16.1. The first-order chi connectivity index (χ1) is 12.8. The Hall–Kier alpha value is -3.22. The Balaban J connectivity index is 1.34. The van der Waals surface area contributed by atoms with Crippen molar-refractivity contribution in [3.05, 3.63) is 66.5 Å². The minimum Gasteiger partial charge on any atom is -0.357 e. The molecule has 0 spiro atoms. The number of hydrogen-bond donors (Lipinski definition) is 1. The van der Waals surface area contributed by atoms with Crippen molar-refractivity contribution >= 4 is 11.7 Å². The van der Waals surface area contributed by atoms with E-state index in [1.54, 1.807) is 41.6 Å². The summed E-state index contributed by atoms with van der Waals surface area (Å²) in [5.41, 5.74) is 1.50. The molecule has 0 atom stereocenters. The van der Waals surface area contributed by atoms with E-state index in [0.717, 1.165) is 30.3 Å². The van der Waals surface area contributed by atoms with Crippen LogP contribution in [0.15, 0.2) is 55.4 Å². The van der Waals surface area contributed by atoms with Crippen molar-refractivity contribution in [2.24, 2.45) is 0 Å². The molecule has 7 heteroatoms. The summed E-state index contributed by atoms with van der Waals surface area (Å²) in [6, 6.07) is 7.59. The maximum Gasteiger partial charge on any atom is 0.253 e. The van der Waals surface area contributed by atoms with Crippen molar-refractivity contribution in [1.82, 2.24) is 24.8 Å². The predicted molar refractivity (Wildman–Crippen MR) is 98.2 cm³/mol. The summed E-state index contributed by atoms with van der Waals surface area (Å²) in [5, 5.41) is 2.91. The van der Waals surface area contributed by atoms with Gasteiger partial charge in [-0.25, -0.2) is 15.0 Å². The van der Waals surface area contributed by atoms with E-state index in [9.17, 15) is 4.79 Å². The topological polar surface area (TPSA) is 75.9 Å². The van der Waals surface area contributed by atoms with Gasteiger partial charge in [0.1, 0.15) is 18.0 Å². The van der Waals surface area contributed by atoms with Crippen LogP contribution < -0.4 is 10.2 Å². The molecule has 3 aromatic heterocycles. The van der Waals surface area contributed by atoms with Gasteiger partial charge in [-0.2, -0.15) is 0 Å². The Morgan fingerprint density at radius 2 is 1.85 bits per heavy atom. The molecular formula is C19H20N6O. The predicted octanol–water partition coefficient (Wildman–Crippen LogP) is 2.19. The summed E-state index contributed by atoms with van der Waals surface area (Å²) in [4.78, 5) is 27.4. The zero-order valence-corrected chi connectivity index (χ0v) is 14.4. The van der Waals surface area contributed by atoms with Crippen LogP contribution >= 0.6 is 0 Å². The molecule has 0 radical (unpaired) electrons. The Morgan fingerprint density at radius 1 is 1.04 bits per heavy atom. The van der Waals surface area contributed by atoms with Gasteiger partial charge in [0.15, 0.2) is 0 Å². The molecule has 26 heavy (non-hydrogen) atoms. The minimum atomic E-state index is -0.154. The largest absolute Gasteiger partial charge is 0.357 e. The lowest BCUT2D eigenvalue weighted by atomic mass is 10.2. The van der Waals surface area contributed by atoms with Crippen LogP contribution in [0.2, 0.25) is 0 Å². The smallest absolute Gasteiger partial charge is 0.253 e. The van der Waals surface area contributed by atoms with Crippen LogP contribution in [-0.2, 0) is 6.54 Å². The molecule has 0 unspecified atom stereocenters. The van der Waals surface area contributed by atoms with Gasteiger partial charge in [0, 0.05) is 44.4 Å². The first kappa shape index (κ1) is 16.3. The molecule has 0 aliphatic carbocycles. The molecule has 132 valence electrons. The number of nitrogens with one attached hydrogen (secondary N) is 1. The van der Waals surface area contributed by atoms with E-state index >= 15 is 0 Å². The van der Waals surface area contributed by atoms with Crippen LogP contribution in [0.3, 0.4) is 0 Å². The van der Waals surface area contributed by atoms with Gasteiger partial charge in [-0.15, -0.1) is 0 Å². The summed E-state index contributed by atoms with van der Waals surface area (Å²) in [5.74, 6) is 1.58. The normalized spacial score (nSPS) is 13.8. The third kappa shape index (κ3) is 3.56. The molecule has 0 saturated carbocycles. The van der Waals surface area contributed by atoms with Crippen LogP contribution in [0.25, 0.3) is 5.82 Å². The Bertz CT molecular complexity index is 852. The molecule has 1 amide bonds. The standard InChI is InChI=1S/C19H20N6O/c26-19(16-4-6-18(22-13-16)25-10-7-20-14-25)23-12-15-3-5-17(21-11-15)24-8-1-2-9-24/h3-7,10-11,13-14H,1-2,8-9,12H2,(H,23,26). The fourth-order valence-electron chi connectivity index (χ4n) is 3.01. The van der Waals surface area contributed by atoms with Gasteiger partial charge in [-0.1, -0.05) is 6.07 Å². The van der Waals surface area contributed by atoms with Crippen molar-refractivity contribution in [3.8, 4) is 5.82 Å². The van der Waals surface area contributed by atoms with Gasteiger partial charge in [0.25, 0.3) is 5.91 Å². The van der Waals surface area contributed by atoms with Crippen molar-refractivity contribution in [2.75, 3.05) is 18.0 Å². The SMILES string of the molecule is O=C(NCc1ccc(N2CCCC2)nc1)c1ccc(-n2ccnc2)nc1. The van der Waals surface area contributed by atoms with E-state index in [1.807, 2.05) is 18.3 Å². The van der Waals surface area contributed by atoms with E-state index in [0.29, 0.717) is 12.1 Å². The molecule has 1 fully saturated rings. The Morgan fingerprint density at radius 3 is 2.50 bits per heavy atom. The summed E-state index contributed by atoms with van der Waals surface area (Å²) in [6.45, 7) is 2.59. The van der Waals surface area contributed by atoms with Crippen LogP contribution in [0, 0.1) is 0 Å². The monoisotopic (exact) mass is 348 g/mol. The maximum absolute atomic E-state index is 12.3. The summed E-state index contributed by atoms with van der Waals surface area (Å²) in [7, 11) is 0. The van der Waals surface area contributed by atoms with Crippen molar-refractivity contribution < 1.29 is 4.79 Å². The van der Waals surface area contributed by atoms with Crippen molar-refractivity contribution in [3.63, 3.8) is 0 Å². The number of imidazole rings is 1. The number of aromatic nitrogens is 4. The highest BCUT2D eigenvalue weighted by Gasteiger charge is 2.13. The molecule has 4 rings (SSSR count). The molecule has 7 nitrogen and oxygen atoms in total. The lowest BCUT2D eigenvalue weighted by Crippen LogP contribution is -2.23. The number of nitrogens with zero attached hydrogens (tertiary/aromatic N) is 5. The first-order valence-electron chi connectivity index (χ1n) is 8.72. The zero-order chi connectivity index (χ0) is 17.8. The zero-order valence-electron chi connectivity index (χ0n) is 14.4. The number of carbonyl (C=O) groups is 1. The second-order valence-electron chi connectivity index (χ2n) is 6.28. The fourth-order valence-corrected chi connectivity index (χ4v) is 3.01. The Labute approximate surface area is 151 Å². The molecule has 4 heterocycles. The van der Waals surface area contributed by atoms with Crippen LogP contribution in [0.1, 0.15) is 28.8 Å². The molecular weight excluding hydrogens is 328 g/mol. The third-order valence-electron chi connectivity index (χ3n) is 4.47. The van der Waals surface area contributed by atoms with Gasteiger partial charge in [-0.3, -0.25) is 9.36 Å². The highest BCUT2D eigenvalue weighted by molar-refractivity contribution is 5.93. The van der Waals surface area contributed by atoms with Gasteiger partial charge in [0.05, 0.1) is 5.56 Å². The number of pyridine rings is 2. The van der Waals surface area contributed by atoms with Gasteiger partial charge in [-0.05, 0) is 36.6 Å². The van der Waals surface area contributed by atoms with E-state index in [2.05, 4.69) is 25.2 Å². The fraction of sp³-hybridized carbons (Fsp3) is 0.263. The summed E-state index contributed by atoms with van der Waals surface area (Å²) >= 11 is 0. The third-order valence-corrected chi connectivity index (χ3v) is 4.47. The van der Waals surface area contributed by atoms with Gasteiger partial charge >= 0.3 is 0 Å². The molecule has 1 aliphatic rings. The number of rotatable bonds is 5. The van der Waals surface area contributed by atoms with Gasteiger partial charge < -0.3 is 10.2 Å². The molecule has 0 bridgehead atoms. The number of carbonyl (C=O) groups excluding carboxylic acids is 1. The van der Waals surface area contributed by atoms with E-state index in [-0.39, 0.29) is 5.91 Å². The van der Waals surface area contributed by atoms with E-state index < -0.39 is 0 Å². The average Bonchev–Trinajstić information content (AvgIpc) is 3.40. The lowest BCUT2D eigenvalue weighted by Gasteiger charge is -2.16. The quantitative estimate of drug-likeness (QED) is 0.765. The summed E-state index contributed by atoms with van der Waals surface area (Å²) in [6.07, 6.45) is 11.0. The molecule has 1 aliphatic heterocycles. The van der Waals surface area contributed by atoms with Crippen molar-refractivity contribution in [2.45, 2.75) is 19.4 Å². The van der Waals surface area contributed by atoms with E-state index in [4.69, 9.17) is 0 Å². The Kier molecular flexibility index (Phi) is 4.59. The number of amides is 1. The average molecular weight is 348 g/mol. The number of hydrogen-bond acceptors (Lipinski definition) is 5. The van der Waals surface area contributed by atoms with Crippen molar-refractivity contribution in [1.29, 1.82) is 0 Å². The first-order valence-corrected chi connectivity index (χ1v) is 8.72. The van der Waals surface area contributed by atoms with Crippen LogP contribution in [0.4, 0.5) is 5.82 Å². The molecule has 1 saturated heterocycles. The molecule has 0 aromatic carbocycles. The number of anilines is 1. The summed E-state index contributed by atoms with van der Waals surface area (Å²) < 4.78 is 1.79. The molecule has 3 aromatic rings. The van der Waals surface area contributed by atoms with E-state index in [1.165, 1.54) is 12.8 Å². The second kappa shape index (κ2) is 7.35. The molecule has 1 N–H and O–H groups in total. The highest BCUT2D eigenvalue weighted by Crippen LogP contribution is 2.17. The maximum atomic E-state index is 12.3.